The number of pyridine rings is 1. The van der Waals surface area contributed by atoms with Gasteiger partial charge in [-0.2, -0.15) is 0 Å². The molecule has 3 aromatic rings. The average Bonchev–Trinajstić information content (AvgIpc) is 2.69. The lowest BCUT2D eigenvalue weighted by Gasteiger charge is -2.08. The van der Waals surface area contributed by atoms with Gasteiger partial charge in [0.2, 0.25) is 5.91 Å². The molecule has 0 atom stereocenters. The van der Waals surface area contributed by atoms with Crippen molar-refractivity contribution in [2.24, 2.45) is 0 Å². The molecule has 0 spiro atoms. The second-order valence-electron chi connectivity index (χ2n) is 6.30. The summed E-state index contributed by atoms with van der Waals surface area (Å²) < 4.78 is 12.9. The normalized spacial score (nSPS) is 10.4. The van der Waals surface area contributed by atoms with E-state index >= 15 is 0 Å². The third kappa shape index (κ3) is 6.22. The summed E-state index contributed by atoms with van der Waals surface area (Å²) in [5.41, 5.74) is 3.00. The summed E-state index contributed by atoms with van der Waals surface area (Å²) in [6.45, 7) is 0.854. The summed E-state index contributed by atoms with van der Waals surface area (Å²) >= 11 is 0. The number of halogens is 1. The fourth-order valence-corrected chi connectivity index (χ4v) is 2.72. The Morgan fingerprint density at radius 2 is 1.70 bits per heavy atom. The smallest absolute Gasteiger partial charge is 0.229 e. The van der Waals surface area contributed by atoms with E-state index in [1.807, 2.05) is 12.1 Å². The molecule has 4 nitrogen and oxygen atoms in total. The highest BCUT2D eigenvalue weighted by Gasteiger charge is 2.05. The highest BCUT2D eigenvalue weighted by molar-refractivity contribution is 5.91. The number of anilines is 2. The summed E-state index contributed by atoms with van der Waals surface area (Å²) in [5, 5.41) is 6.08. The maximum Gasteiger partial charge on any atom is 0.229 e. The van der Waals surface area contributed by atoms with E-state index in [-0.39, 0.29) is 18.1 Å². The van der Waals surface area contributed by atoms with Crippen molar-refractivity contribution in [2.45, 2.75) is 19.3 Å². The number of benzene rings is 2. The van der Waals surface area contributed by atoms with Crippen molar-refractivity contribution in [1.29, 1.82) is 0 Å². The molecule has 0 saturated heterocycles. The second-order valence-corrected chi connectivity index (χ2v) is 6.30. The lowest BCUT2D eigenvalue weighted by atomic mass is 10.1. The number of amides is 1. The van der Waals surface area contributed by atoms with Crippen molar-refractivity contribution in [2.75, 3.05) is 17.2 Å². The summed E-state index contributed by atoms with van der Waals surface area (Å²) in [7, 11) is 0. The molecule has 5 heteroatoms. The van der Waals surface area contributed by atoms with Gasteiger partial charge in [-0.3, -0.25) is 4.79 Å². The molecule has 0 aliphatic carbocycles. The minimum absolute atomic E-state index is 0.182. The van der Waals surface area contributed by atoms with Crippen LogP contribution < -0.4 is 10.6 Å². The molecule has 27 heavy (non-hydrogen) atoms. The molecule has 0 bridgehead atoms. The quantitative estimate of drug-likeness (QED) is 0.582. The molecule has 1 heterocycles. The maximum atomic E-state index is 12.9. The molecular formula is C22H22FN3O. The van der Waals surface area contributed by atoms with E-state index in [0.717, 1.165) is 30.6 Å². The molecule has 0 aliphatic heterocycles. The molecule has 0 unspecified atom stereocenters. The molecule has 138 valence electrons. The van der Waals surface area contributed by atoms with Crippen LogP contribution in [0.1, 0.15) is 17.5 Å². The first-order valence-electron chi connectivity index (χ1n) is 8.97. The first-order valence-corrected chi connectivity index (χ1v) is 8.97. The van der Waals surface area contributed by atoms with Crippen LogP contribution in [-0.2, 0) is 17.6 Å². The zero-order chi connectivity index (χ0) is 18.9. The molecule has 2 N–H and O–H groups in total. The Morgan fingerprint density at radius 3 is 2.41 bits per heavy atom. The summed E-state index contributed by atoms with van der Waals surface area (Å²) in [6.07, 6.45) is 3.94. The van der Waals surface area contributed by atoms with Crippen molar-refractivity contribution < 1.29 is 9.18 Å². The van der Waals surface area contributed by atoms with Crippen LogP contribution in [0.4, 0.5) is 15.9 Å². The minimum Gasteiger partial charge on any atom is -0.384 e. The number of aromatic nitrogens is 1. The number of rotatable bonds is 8. The molecule has 3 rings (SSSR count). The number of carbonyl (C=O) groups is 1. The van der Waals surface area contributed by atoms with Gasteiger partial charge in [-0.05, 0) is 48.2 Å². The second kappa shape index (κ2) is 9.48. The van der Waals surface area contributed by atoms with Gasteiger partial charge in [0.1, 0.15) is 11.6 Å². The van der Waals surface area contributed by atoms with Crippen molar-refractivity contribution in [3.8, 4) is 0 Å². The Kier molecular flexibility index (Phi) is 6.52. The van der Waals surface area contributed by atoms with Gasteiger partial charge in [0.15, 0.2) is 0 Å². The number of hydrogen-bond acceptors (Lipinski definition) is 3. The monoisotopic (exact) mass is 363 g/mol. The Hall–Kier alpha value is -3.21. The fourth-order valence-electron chi connectivity index (χ4n) is 2.72. The topological polar surface area (TPSA) is 54.0 Å². The molecule has 1 amide bonds. The fraction of sp³-hybridized carbons (Fsp3) is 0.182. The number of carbonyl (C=O) groups excluding carboxylic acids is 1. The van der Waals surface area contributed by atoms with E-state index in [0.29, 0.717) is 5.82 Å². The molecule has 2 aromatic carbocycles. The van der Waals surface area contributed by atoms with Crippen molar-refractivity contribution in [1.82, 2.24) is 4.98 Å². The summed E-state index contributed by atoms with van der Waals surface area (Å²) in [6, 6.07) is 19.9. The standard InChI is InChI=1S/C22H22FN3O/c23-19-10-8-18(9-11-19)15-22(27)26-21-13-12-20(16-25-21)24-14-4-7-17-5-2-1-3-6-17/h1-3,5-6,8-13,16,24H,4,7,14-15H2,(H,25,26,27). The number of hydrogen-bond donors (Lipinski definition) is 2. The Balaban J connectivity index is 1.41. The maximum absolute atomic E-state index is 12.9. The minimum atomic E-state index is -0.312. The Labute approximate surface area is 158 Å². The molecule has 1 aromatic heterocycles. The predicted molar refractivity (Wildman–Crippen MR) is 106 cm³/mol. The van der Waals surface area contributed by atoms with Gasteiger partial charge in [0, 0.05) is 6.54 Å². The highest BCUT2D eigenvalue weighted by Crippen LogP contribution is 2.11. The molecule has 0 radical (unpaired) electrons. The molecule has 0 saturated carbocycles. The van der Waals surface area contributed by atoms with Gasteiger partial charge in [0.25, 0.3) is 0 Å². The van der Waals surface area contributed by atoms with Gasteiger partial charge in [-0.15, -0.1) is 0 Å². The summed E-state index contributed by atoms with van der Waals surface area (Å²) in [4.78, 5) is 16.3. The SMILES string of the molecule is O=C(Cc1ccc(F)cc1)Nc1ccc(NCCCc2ccccc2)cn1. The third-order valence-electron chi connectivity index (χ3n) is 4.12. The average molecular weight is 363 g/mol. The van der Waals surface area contributed by atoms with Crippen LogP contribution in [0.5, 0.6) is 0 Å². The van der Waals surface area contributed by atoms with E-state index in [2.05, 4.69) is 39.9 Å². The van der Waals surface area contributed by atoms with E-state index in [4.69, 9.17) is 0 Å². The van der Waals surface area contributed by atoms with Gasteiger partial charge in [-0.25, -0.2) is 9.37 Å². The Bertz CT molecular complexity index is 849. The van der Waals surface area contributed by atoms with Gasteiger partial charge in [0.05, 0.1) is 18.3 Å². The lowest BCUT2D eigenvalue weighted by molar-refractivity contribution is -0.115. The van der Waals surface area contributed by atoms with Crippen molar-refractivity contribution in [3.63, 3.8) is 0 Å². The van der Waals surface area contributed by atoms with E-state index < -0.39 is 0 Å². The van der Waals surface area contributed by atoms with Crippen LogP contribution in [0.3, 0.4) is 0 Å². The van der Waals surface area contributed by atoms with E-state index in [9.17, 15) is 9.18 Å². The van der Waals surface area contributed by atoms with Gasteiger partial charge in [-0.1, -0.05) is 42.5 Å². The van der Waals surface area contributed by atoms with Crippen molar-refractivity contribution >= 4 is 17.4 Å². The highest BCUT2D eigenvalue weighted by atomic mass is 19.1. The van der Waals surface area contributed by atoms with E-state index in [1.165, 1.54) is 17.7 Å². The third-order valence-corrected chi connectivity index (χ3v) is 4.12. The number of aryl methyl sites for hydroxylation is 1. The van der Waals surface area contributed by atoms with Crippen LogP contribution in [0.15, 0.2) is 72.9 Å². The van der Waals surface area contributed by atoms with Gasteiger partial charge >= 0.3 is 0 Å². The largest absolute Gasteiger partial charge is 0.384 e. The zero-order valence-corrected chi connectivity index (χ0v) is 15.0. The van der Waals surface area contributed by atoms with Crippen LogP contribution in [0, 0.1) is 5.82 Å². The lowest BCUT2D eigenvalue weighted by Crippen LogP contribution is -2.15. The number of nitrogens with zero attached hydrogens (tertiary/aromatic N) is 1. The van der Waals surface area contributed by atoms with Gasteiger partial charge < -0.3 is 10.6 Å². The van der Waals surface area contributed by atoms with Crippen molar-refractivity contribution in [3.05, 3.63) is 89.9 Å². The van der Waals surface area contributed by atoms with Crippen LogP contribution in [0.25, 0.3) is 0 Å². The predicted octanol–water partition coefficient (Wildman–Crippen LogP) is 4.45. The van der Waals surface area contributed by atoms with Crippen LogP contribution in [0.2, 0.25) is 0 Å². The molecular weight excluding hydrogens is 341 g/mol. The van der Waals surface area contributed by atoms with E-state index in [1.54, 1.807) is 24.4 Å². The first-order chi connectivity index (χ1) is 13.2. The zero-order valence-electron chi connectivity index (χ0n) is 15.0. The van der Waals surface area contributed by atoms with Crippen LogP contribution in [-0.4, -0.2) is 17.4 Å². The molecule has 0 fully saturated rings. The number of nitrogens with one attached hydrogen (secondary N) is 2. The molecule has 0 aliphatic rings. The van der Waals surface area contributed by atoms with Crippen LogP contribution >= 0.6 is 0 Å². The first kappa shape index (κ1) is 18.6. The summed E-state index contributed by atoms with van der Waals surface area (Å²) in [5.74, 6) is 0.00214. The Morgan fingerprint density at radius 1 is 0.926 bits per heavy atom.